The van der Waals surface area contributed by atoms with Gasteiger partial charge in [0.1, 0.15) is 5.82 Å². The Kier molecular flexibility index (Phi) is 8.20. The molecule has 2 atom stereocenters. The van der Waals surface area contributed by atoms with Crippen molar-refractivity contribution < 1.29 is 22.4 Å². The van der Waals surface area contributed by atoms with Gasteiger partial charge >= 0.3 is 0 Å². The largest absolute Gasteiger partial charge is 0.352 e. The van der Waals surface area contributed by atoms with Crippen molar-refractivity contribution in [3.63, 3.8) is 0 Å². The van der Waals surface area contributed by atoms with E-state index >= 15 is 0 Å². The maximum absolute atomic E-state index is 13.2. The molecule has 7 nitrogen and oxygen atoms in total. The molecule has 0 saturated carbocycles. The van der Waals surface area contributed by atoms with Crippen LogP contribution in [0.4, 0.5) is 4.39 Å². The summed E-state index contributed by atoms with van der Waals surface area (Å²) in [6.45, 7) is 4.64. The predicted molar refractivity (Wildman–Crippen MR) is 123 cm³/mol. The van der Waals surface area contributed by atoms with Crippen LogP contribution in [-0.2, 0) is 21.4 Å². The average Bonchev–Trinajstić information content (AvgIpc) is 2.83. The van der Waals surface area contributed by atoms with Gasteiger partial charge in [-0.3, -0.25) is 9.59 Å². The Morgan fingerprint density at radius 1 is 1.12 bits per heavy atom. The van der Waals surface area contributed by atoms with Gasteiger partial charge in [0.2, 0.25) is 15.9 Å². The third-order valence-corrected chi connectivity index (χ3v) is 7.76. The second kappa shape index (κ2) is 10.9. The summed E-state index contributed by atoms with van der Waals surface area (Å²) in [5.41, 5.74) is 1.40. The molecule has 2 aromatic carbocycles. The molecule has 0 aromatic heterocycles. The zero-order chi connectivity index (χ0) is 24.0. The summed E-state index contributed by atoms with van der Waals surface area (Å²) in [7, 11) is -3.79. The molecule has 3 rings (SSSR count). The Morgan fingerprint density at radius 2 is 1.79 bits per heavy atom. The van der Waals surface area contributed by atoms with E-state index in [4.69, 9.17) is 0 Å². The monoisotopic (exact) mass is 475 g/mol. The molecule has 178 valence electrons. The van der Waals surface area contributed by atoms with Gasteiger partial charge in [-0.1, -0.05) is 19.1 Å². The van der Waals surface area contributed by atoms with Crippen molar-refractivity contribution in [2.24, 2.45) is 5.92 Å². The SMILES string of the molecule is CC[C@@H](C)NC(=O)c1ccc(CNC(=O)[C@H]2CCCN(S(=O)(=O)c3ccc(F)cc3)C2)cc1. The maximum atomic E-state index is 13.2. The summed E-state index contributed by atoms with van der Waals surface area (Å²) in [5.74, 6) is -1.32. The summed E-state index contributed by atoms with van der Waals surface area (Å²) in [6, 6.07) is 11.8. The fourth-order valence-electron chi connectivity index (χ4n) is 3.65. The van der Waals surface area contributed by atoms with E-state index in [-0.39, 0.29) is 35.8 Å². The molecule has 1 saturated heterocycles. The van der Waals surface area contributed by atoms with Crippen LogP contribution in [0, 0.1) is 11.7 Å². The third-order valence-electron chi connectivity index (χ3n) is 5.88. The number of sulfonamides is 1. The van der Waals surface area contributed by atoms with Gasteiger partial charge in [0, 0.05) is 31.2 Å². The van der Waals surface area contributed by atoms with Gasteiger partial charge < -0.3 is 10.6 Å². The Hall–Kier alpha value is -2.78. The lowest BCUT2D eigenvalue weighted by molar-refractivity contribution is -0.126. The fourth-order valence-corrected chi connectivity index (χ4v) is 5.17. The standard InChI is InChI=1S/C24H30FN3O4S/c1-3-17(2)27-24(30)19-8-6-18(7-9-19)15-26-23(29)20-5-4-14-28(16-20)33(31,32)22-12-10-21(25)11-13-22/h6-13,17,20H,3-5,14-16H2,1-2H3,(H,26,29)(H,27,30)/t17-,20+/m1/s1. The lowest BCUT2D eigenvalue weighted by Crippen LogP contribution is -2.45. The van der Waals surface area contributed by atoms with Gasteiger partial charge in [0.25, 0.3) is 5.91 Å². The Morgan fingerprint density at radius 3 is 2.42 bits per heavy atom. The Labute approximate surface area is 194 Å². The minimum Gasteiger partial charge on any atom is -0.352 e. The van der Waals surface area contributed by atoms with Crippen molar-refractivity contribution in [2.75, 3.05) is 13.1 Å². The first kappa shape index (κ1) is 24.9. The first-order chi connectivity index (χ1) is 15.7. The molecule has 2 N–H and O–H groups in total. The van der Waals surface area contributed by atoms with E-state index in [1.54, 1.807) is 24.3 Å². The van der Waals surface area contributed by atoms with Crippen LogP contribution in [0.15, 0.2) is 53.4 Å². The van der Waals surface area contributed by atoms with Crippen molar-refractivity contribution in [3.05, 3.63) is 65.5 Å². The summed E-state index contributed by atoms with van der Waals surface area (Å²) in [6.07, 6.45) is 2.01. The molecule has 33 heavy (non-hydrogen) atoms. The van der Waals surface area contributed by atoms with Crippen molar-refractivity contribution in [3.8, 4) is 0 Å². The number of halogens is 1. The van der Waals surface area contributed by atoms with Gasteiger partial charge in [-0.2, -0.15) is 4.31 Å². The highest BCUT2D eigenvalue weighted by Gasteiger charge is 2.33. The normalized spacial score (nSPS) is 17.8. The molecule has 0 radical (unpaired) electrons. The fraction of sp³-hybridized carbons (Fsp3) is 0.417. The number of piperidine rings is 1. The highest BCUT2D eigenvalue weighted by molar-refractivity contribution is 7.89. The number of hydrogen-bond acceptors (Lipinski definition) is 4. The topological polar surface area (TPSA) is 95.6 Å². The molecule has 0 spiro atoms. The highest BCUT2D eigenvalue weighted by atomic mass is 32.2. The number of benzene rings is 2. The zero-order valence-electron chi connectivity index (χ0n) is 18.9. The van der Waals surface area contributed by atoms with Crippen LogP contribution in [0.5, 0.6) is 0 Å². The molecule has 1 heterocycles. The summed E-state index contributed by atoms with van der Waals surface area (Å²) in [5, 5.41) is 5.78. The van der Waals surface area contributed by atoms with Crippen molar-refractivity contribution in [2.45, 2.75) is 50.6 Å². The highest BCUT2D eigenvalue weighted by Crippen LogP contribution is 2.24. The van der Waals surface area contributed by atoms with E-state index in [2.05, 4.69) is 10.6 Å². The van der Waals surface area contributed by atoms with E-state index in [1.165, 1.54) is 16.4 Å². The molecule has 1 aliphatic heterocycles. The summed E-state index contributed by atoms with van der Waals surface area (Å²) >= 11 is 0. The zero-order valence-corrected chi connectivity index (χ0v) is 19.7. The molecule has 0 unspecified atom stereocenters. The average molecular weight is 476 g/mol. The van der Waals surface area contributed by atoms with Crippen molar-refractivity contribution >= 4 is 21.8 Å². The van der Waals surface area contributed by atoms with Crippen LogP contribution in [0.2, 0.25) is 0 Å². The van der Waals surface area contributed by atoms with Crippen LogP contribution in [0.1, 0.15) is 49.0 Å². The molecule has 0 bridgehead atoms. The van der Waals surface area contributed by atoms with Crippen molar-refractivity contribution in [1.29, 1.82) is 0 Å². The molecule has 1 aliphatic rings. The Balaban J connectivity index is 1.56. The van der Waals surface area contributed by atoms with Gasteiger partial charge in [0.15, 0.2) is 0 Å². The molecule has 1 fully saturated rings. The maximum Gasteiger partial charge on any atom is 0.251 e. The first-order valence-corrected chi connectivity index (χ1v) is 12.6. The molecule has 0 aliphatic carbocycles. The van der Waals surface area contributed by atoms with Gasteiger partial charge in [-0.25, -0.2) is 12.8 Å². The quantitative estimate of drug-likeness (QED) is 0.613. The minimum absolute atomic E-state index is 0.0161. The number of carbonyl (C=O) groups excluding carboxylic acids is 2. The van der Waals surface area contributed by atoms with Crippen LogP contribution in [0.25, 0.3) is 0 Å². The van der Waals surface area contributed by atoms with E-state index in [9.17, 15) is 22.4 Å². The number of rotatable bonds is 8. The van der Waals surface area contributed by atoms with Crippen LogP contribution in [0.3, 0.4) is 0 Å². The van der Waals surface area contributed by atoms with Crippen LogP contribution < -0.4 is 10.6 Å². The third kappa shape index (κ3) is 6.39. The van der Waals surface area contributed by atoms with Crippen molar-refractivity contribution in [1.82, 2.24) is 14.9 Å². The van der Waals surface area contributed by atoms with E-state index in [0.717, 1.165) is 24.1 Å². The summed E-state index contributed by atoms with van der Waals surface area (Å²) in [4.78, 5) is 24.9. The first-order valence-electron chi connectivity index (χ1n) is 11.1. The van der Waals surface area contributed by atoms with E-state index in [1.807, 2.05) is 13.8 Å². The Bertz CT molecular complexity index is 1070. The molecular weight excluding hydrogens is 445 g/mol. The van der Waals surface area contributed by atoms with Gasteiger partial charge in [-0.15, -0.1) is 0 Å². The second-order valence-corrected chi connectivity index (χ2v) is 10.3. The number of hydrogen-bond donors (Lipinski definition) is 2. The minimum atomic E-state index is -3.79. The molecular formula is C24H30FN3O4S. The molecule has 2 amide bonds. The van der Waals surface area contributed by atoms with Crippen LogP contribution in [-0.4, -0.2) is 43.7 Å². The lowest BCUT2D eigenvalue weighted by atomic mass is 9.98. The summed E-state index contributed by atoms with van der Waals surface area (Å²) < 4.78 is 40.2. The number of nitrogens with one attached hydrogen (secondary N) is 2. The van der Waals surface area contributed by atoms with E-state index < -0.39 is 21.8 Å². The lowest BCUT2D eigenvalue weighted by Gasteiger charge is -2.31. The van der Waals surface area contributed by atoms with Gasteiger partial charge in [-0.05, 0) is 68.1 Å². The second-order valence-electron chi connectivity index (χ2n) is 8.35. The van der Waals surface area contributed by atoms with E-state index in [0.29, 0.717) is 24.9 Å². The number of carbonyl (C=O) groups is 2. The van der Waals surface area contributed by atoms with Gasteiger partial charge in [0.05, 0.1) is 10.8 Å². The molecule has 2 aromatic rings. The smallest absolute Gasteiger partial charge is 0.251 e. The van der Waals surface area contributed by atoms with Crippen LogP contribution >= 0.6 is 0 Å². The molecule has 9 heteroatoms. The number of amides is 2. The predicted octanol–water partition coefficient (Wildman–Crippen LogP) is 3.07. The number of nitrogens with zero attached hydrogens (tertiary/aromatic N) is 1.